The lowest BCUT2D eigenvalue weighted by molar-refractivity contribution is -0.118. The van der Waals surface area contributed by atoms with Crippen LogP contribution in [0.1, 0.15) is 16.2 Å². The number of hydrogen-bond acceptors (Lipinski definition) is 4. The molecule has 0 spiro atoms. The Morgan fingerprint density at radius 3 is 2.77 bits per heavy atom. The van der Waals surface area contributed by atoms with Gasteiger partial charge in [0.05, 0.1) is 16.7 Å². The maximum absolute atomic E-state index is 12.8. The van der Waals surface area contributed by atoms with Gasteiger partial charge < -0.3 is 15.4 Å². The maximum Gasteiger partial charge on any atom is 0.262 e. The van der Waals surface area contributed by atoms with Crippen molar-refractivity contribution in [2.45, 2.75) is 6.92 Å². The van der Waals surface area contributed by atoms with Crippen LogP contribution in [0, 0.1) is 6.92 Å². The number of rotatable bonds is 3. The summed E-state index contributed by atoms with van der Waals surface area (Å²) in [4.78, 5) is 28.9. The number of carbonyl (C=O) groups excluding carboxylic acids is 2. The Morgan fingerprint density at radius 1 is 1.10 bits per heavy atom. The van der Waals surface area contributed by atoms with Crippen LogP contribution in [0.2, 0.25) is 0 Å². The summed E-state index contributed by atoms with van der Waals surface area (Å²) >= 11 is 0. The van der Waals surface area contributed by atoms with E-state index in [4.69, 9.17) is 4.74 Å². The van der Waals surface area contributed by atoms with E-state index in [9.17, 15) is 9.59 Å². The molecule has 0 saturated carbocycles. The first kappa shape index (κ1) is 17.9. The van der Waals surface area contributed by atoms with E-state index in [-0.39, 0.29) is 18.4 Å². The number of aromatic nitrogens is 2. The van der Waals surface area contributed by atoms with E-state index in [2.05, 4.69) is 20.2 Å². The van der Waals surface area contributed by atoms with Crippen molar-refractivity contribution in [3.8, 4) is 11.4 Å². The van der Waals surface area contributed by atoms with Crippen LogP contribution in [0.25, 0.3) is 16.7 Å². The molecule has 0 unspecified atom stereocenters. The molecule has 30 heavy (non-hydrogen) atoms. The number of ether oxygens (including phenoxy) is 1. The van der Waals surface area contributed by atoms with Gasteiger partial charge in [0, 0.05) is 16.9 Å². The zero-order chi connectivity index (χ0) is 20.7. The van der Waals surface area contributed by atoms with Gasteiger partial charge in [-0.1, -0.05) is 18.2 Å². The number of fused-ring (bicyclic) bond motifs is 2. The van der Waals surface area contributed by atoms with Crippen molar-refractivity contribution in [2.24, 2.45) is 0 Å². The molecule has 2 heterocycles. The van der Waals surface area contributed by atoms with Gasteiger partial charge in [0.2, 0.25) is 0 Å². The summed E-state index contributed by atoms with van der Waals surface area (Å²) in [5, 5.41) is 5.59. The highest BCUT2D eigenvalue weighted by Crippen LogP contribution is 2.30. The summed E-state index contributed by atoms with van der Waals surface area (Å²) in [6.45, 7) is 1.93. The molecule has 0 saturated heterocycles. The second-order valence-corrected chi connectivity index (χ2v) is 7.04. The summed E-state index contributed by atoms with van der Waals surface area (Å²) in [7, 11) is 0. The summed E-state index contributed by atoms with van der Waals surface area (Å²) in [5.74, 6) is 0.947. The molecule has 0 bridgehead atoms. The minimum absolute atomic E-state index is 0.00619. The van der Waals surface area contributed by atoms with E-state index < -0.39 is 0 Å². The van der Waals surface area contributed by atoms with Gasteiger partial charge in [-0.25, -0.2) is 4.98 Å². The van der Waals surface area contributed by atoms with Crippen LogP contribution in [0.15, 0.2) is 66.7 Å². The molecule has 7 heteroatoms. The number of benzene rings is 3. The molecule has 0 aliphatic carbocycles. The van der Waals surface area contributed by atoms with E-state index in [1.54, 1.807) is 30.3 Å². The first-order valence-corrected chi connectivity index (χ1v) is 9.51. The lowest BCUT2D eigenvalue weighted by Crippen LogP contribution is -2.25. The first-order chi connectivity index (χ1) is 14.6. The lowest BCUT2D eigenvalue weighted by atomic mass is 10.1. The Morgan fingerprint density at radius 2 is 1.93 bits per heavy atom. The highest BCUT2D eigenvalue weighted by atomic mass is 16.5. The monoisotopic (exact) mass is 398 g/mol. The van der Waals surface area contributed by atoms with Gasteiger partial charge in [0.25, 0.3) is 11.8 Å². The number of aryl methyl sites for hydroxylation is 1. The Kier molecular flexibility index (Phi) is 4.21. The number of hydrogen-bond donors (Lipinski definition) is 2. The molecule has 0 atom stereocenters. The molecule has 1 aliphatic rings. The lowest BCUT2D eigenvalue weighted by Gasteiger charge is -2.18. The van der Waals surface area contributed by atoms with Crippen molar-refractivity contribution in [1.82, 2.24) is 9.55 Å². The predicted octanol–water partition coefficient (Wildman–Crippen LogP) is 3.92. The minimum atomic E-state index is -0.258. The molecule has 148 valence electrons. The second kappa shape index (κ2) is 7.04. The van der Waals surface area contributed by atoms with Gasteiger partial charge in [-0.15, -0.1) is 0 Å². The van der Waals surface area contributed by atoms with E-state index >= 15 is 0 Å². The molecule has 2 amide bonds. The van der Waals surface area contributed by atoms with E-state index in [1.807, 2.05) is 43.3 Å². The van der Waals surface area contributed by atoms with Gasteiger partial charge in [-0.2, -0.15) is 0 Å². The number of imidazole rings is 1. The Balaban J connectivity index is 1.43. The molecule has 1 aromatic heterocycles. The third kappa shape index (κ3) is 3.16. The molecular formula is C23H18N4O3. The average Bonchev–Trinajstić information content (AvgIpc) is 3.08. The SMILES string of the molecule is Cc1nc2cc(C(=O)Nc3ccc4c(c3)NC(=O)CO4)ccc2n1-c1ccccc1. The average molecular weight is 398 g/mol. The first-order valence-electron chi connectivity index (χ1n) is 9.51. The number of nitrogens with one attached hydrogen (secondary N) is 2. The summed E-state index contributed by atoms with van der Waals surface area (Å²) in [6.07, 6.45) is 0. The van der Waals surface area contributed by atoms with Crippen LogP contribution >= 0.6 is 0 Å². The number of anilines is 2. The van der Waals surface area contributed by atoms with Crippen LogP contribution in [0.3, 0.4) is 0 Å². The number of carbonyl (C=O) groups is 2. The highest BCUT2D eigenvalue weighted by Gasteiger charge is 2.17. The molecule has 0 radical (unpaired) electrons. The molecule has 0 fully saturated rings. The van der Waals surface area contributed by atoms with E-state index in [1.165, 1.54) is 0 Å². The van der Waals surface area contributed by atoms with Crippen molar-refractivity contribution in [1.29, 1.82) is 0 Å². The quantitative estimate of drug-likeness (QED) is 0.548. The van der Waals surface area contributed by atoms with Crippen molar-refractivity contribution >= 4 is 34.2 Å². The standard InChI is InChI=1S/C23H18N4O3/c1-14-24-18-11-15(7-9-20(18)27(14)17-5-3-2-4-6-17)23(29)25-16-8-10-21-19(12-16)26-22(28)13-30-21/h2-12H,13H2,1H3,(H,25,29)(H,26,28). The van der Waals surface area contributed by atoms with Crippen LogP contribution < -0.4 is 15.4 Å². The molecule has 4 aromatic rings. The van der Waals surface area contributed by atoms with E-state index in [0.717, 1.165) is 22.5 Å². The van der Waals surface area contributed by atoms with Crippen LogP contribution in [-0.4, -0.2) is 28.0 Å². The molecule has 2 N–H and O–H groups in total. The smallest absolute Gasteiger partial charge is 0.262 e. The van der Waals surface area contributed by atoms with E-state index in [0.29, 0.717) is 22.7 Å². The third-order valence-electron chi connectivity index (χ3n) is 4.97. The largest absolute Gasteiger partial charge is 0.482 e. The predicted molar refractivity (Wildman–Crippen MR) is 114 cm³/mol. The molecule has 3 aromatic carbocycles. The number of para-hydroxylation sites is 1. The Hall–Kier alpha value is -4.13. The zero-order valence-electron chi connectivity index (χ0n) is 16.2. The Bertz CT molecular complexity index is 1290. The van der Waals surface area contributed by atoms with Gasteiger partial charge >= 0.3 is 0 Å². The molecule has 5 rings (SSSR count). The molecule has 7 nitrogen and oxygen atoms in total. The van der Waals surface area contributed by atoms with Crippen molar-refractivity contribution in [3.05, 3.63) is 78.1 Å². The van der Waals surface area contributed by atoms with Crippen molar-refractivity contribution in [3.63, 3.8) is 0 Å². The van der Waals surface area contributed by atoms with Crippen molar-refractivity contribution < 1.29 is 14.3 Å². The van der Waals surface area contributed by atoms with Gasteiger partial charge in [0.1, 0.15) is 11.6 Å². The van der Waals surface area contributed by atoms with Crippen LogP contribution in [-0.2, 0) is 4.79 Å². The summed E-state index contributed by atoms with van der Waals surface area (Å²) < 4.78 is 7.40. The van der Waals surface area contributed by atoms with Crippen LogP contribution in [0.4, 0.5) is 11.4 Å². The number of nitrogens with zero attached hydrogens (tertiary/aromatic N) is 2. The number of amides is 2. The van der Waals surface area contributed by atoms with Gasteiger partial charge in [-0.3, -0.25) is 14.2 Å². The van der Waals surface area contributed by atoms with Gasteiger partial charge in [-0.05, 0) is 55.5 Å². The Labute approximate surface area is 172 Å². The maximum atomic E-state index is 12.8. The van der Waals surface area contributed by atoms with Gasteiger partial charge in [0.15, 0.2) is 6.61 Å². The molecule has 1 aliphatic heterocycles. The normalized spacial score (nSPS) is 12.8. The highest BCUT2D eigenvalue weighted by molar-refractivity contribution is 6.06. The second-order valence-electron chi connectivity index (χ2n) is 7.04. The minimum Gasteiger partial charge on any atom is -0.482 e. The third-order valence-corrected chi connectivity index (χ3v) is 4.97. The fourth-order valence-electron chi connectivity index (χ4n) is 3.61. The van der Waals surface area contributed by atoms with Crippen LogP contribution in [0.5, 0.6) is 5.75 Å². The topological polar surface area (TPSA) is 85.2 Å². The summed E-state index contributed by atoms with van der Waals surface area (Å²) in [6, 6.07) is 20.6. The molecular weight excluding hydrogens is 380 g/mol. The fourth-order valence-corrected chi connectivity index (χ4v) is 3.61. The van der Waals surface area contributed by atoms with Crippen molar-refractivity contribution in [2.75, 3.05) is 17.2 Å². The zero-order valence-corrected chi connectivity index (χ0v) is 16.2. The fraction of sp³-hybridized carbons (Fsp3) is 0.0870. The summed E-state index contributed by atoms with van der Waals surface area (Å²) in [5.41, 5.74) is 4.30.